The predicted molar refractivity (Wildman–Crippen MR) is 103 cm³/mol. The summed E-state index contributed by atoms with van der Waals surface area (Å²) < 4.78 is 0. The van der Waals surface area contributed by atoms with Crippen molar-refractivity contribution < 1.29 is 0 Å². The summed E-state index contributed by atoms with van der Waals surface area (Å²) in [6.07, 6.45) is 20.4. The average Bonchev–Trinajstić information content (AvgIpc) is 2.50. The van der Waals surface area contributed by atoms with Crippen molar-refractivity contribution in [1.82, 2.24) is 0 Å². The fraction of sp³-hybridized carbons (Fsp3) is 1.00. The van der Waals surface area contributed by atoms with Crippen LogP contribution in [0.15, 0.2) is 0 Å². The fourth-order valence-electron chi connectivity index (χ4n) is 9.68. The molecule has 8 fully saturated rings. The van der Waals surface area contributed by atoms with Gasteiger partial charge in [0.2, 0.25) is 0 Å². The van der Waals surface area contributed by atoms with Crippen molar-refractivity contribution in [3.05, 3.63) is 0 Å². The average molecular weight is 362 g/mol. The zero-order chi connectivity index (χ0) is 15.9. The molecule has 8 rings (SSSR count). The van der Waals surface area contributed by atoms with Gasteiger partial charge in [-0.25, -0.2) is 0 Å². The molecule has 24 heavy (non-hydrogen) atoms. The van der Waals surface area contributed by atoms with Crippen molar-refractivity contribution in [2.45, 2.75) is 94.6 Å². The Morgan fingerprint density at radius 3 is 1.42 bits per heavy atom. The van der Waals surface area contributed by atoms with Crippen molar-refractivity contribution >= 4 is 19.2 Å². The quantitative estimate of drug-likeness (QED) is 0.381. The van der Waals surface area contributed by atoms with Gasteiger partial charge in [-0.05, 0) is 135 Å². The molecule has 1 radical (unpaired) electrons. The van der Waals surface area contributed by atoms with E-state index in [-0.39, 0.29) is 0 Å². The zero-order valence-corrected chi connectivity index (χ0v) is 17.0. The number of rotatable bonds is 4. The van der Waals surface area contributed by atoms with Crippen molar-refractivity contribution in [2.75, 3.05) is 0 Å². The first-order chi connectivity index (χ1) is 11.6. The van der Waals surface area contributed by atoms with E-state index < -0.39 is 8.11 Å². The molecule has 8 saturated carbocycles. The molecule has 8 aliphatic carbocycles. The van der Waals surface area contributed by atoms with Crippen LogP contribution in [-0.2, 0) is 0 Å². The van der Waals surface area contributed by atoms with Gasteiger partial charge in [0, 0.05) is 0 Å². The highest BCUT2D eigenvalue weighted by Crippen LogP contribution is 2.67. The van der Waals surface area contributed by atoms with E-state index >= 15 is 0 Å². The van der Waals surface area contributed by atoms with Gasteiger partial charge < -0.3 is 0 Å². The summed E-state index contributed by atoms with van der Waals surface area (Å²) >= 11 is 7.34. The molecular weight excluding hydrogens is 328 g/mol. The second-order valence-corrected chi connectivity index (χ2v) is 15.3. The van der Waals surface area contributed by atoms with Crippen LogP contribution in [0.3, 0.4) is 0 Å². The lowest BCUT2D eigenvalue weighted by Gasteiger charge is -2.59. The SMILES string of the molecule is Cl[Si](CCC12CC3CC(CC(C3)C1)C2)C12CC3CC(CC(C3)C1)C2. The van der Waals surface area contributed by atoms with E-state index in [1.165, 1.54) is 12.5 Å². The first-order valence-electron chi connectivity index (χ1n) is 11.1. The van der Waals surface area contributed by atoms with Crippen molar-refractivity contribution in [2.24, 2.45) is 40.9 Å². The third-order valence-electron chi connectivity index (χ3n) is 9.65. The molecule has 2 heteroatoms. The minimum Gasteiger partial charge on any atom is -0.168 e. The van der Waals surface area contributed by atoms with Crippen LogP contribution in [0.25, 0.3) is 0 Å². The molecule has 8 aliphatic rings. The highest BCUT2D eigenvalue weighted by Gasteiger charge is 2.56. The lowest BCUT2D eigenvalue weighted by Crippen LogP contribution is -2.49. The standard InChI is InChI=1S/C22H34ClSi/c23-24(22-12-18-6-19(13-22)8-20(7-18)14-22)2-1-21-9-15-3-16(10-21)5-17(4-15)11-21/h15-20H,1-14H2. The van der Waals surface area contributed by atoms with Gasteiger partial charge in [0.05, 0.1) is 0 Å². The van der Waals surface area contributed by atoms with Crippen LogP contribution in [-0.4, -0.2) is 8.11 Å². The third kappa shape index (κ3) is 2.35. The number of halogens is 1. The monoisotopic (exact) mass is 361 g/mol. The molecule has 0 aliphatic heterocycles. The fourth-order valence-corrected chi connectivity index (χ4v) is 13.5. The maximum atomic E-state index is 7.34. The minimum absolute atomic E-state index is 0.654. The molecule has 0 aromatic rings. The smallest absolute Gasteiger partial charge is 0.168 e. The second-order valence-electron chi connectivity index (χ2n) is 11.5. The summed E-state index contributed by atoms with van der Waals surface area (Å²) in [5, 5.41) is 0.670. The van der Waals surface area contributed by atoms with Crippen LogP contribution in [0, 0.1) is 40.9 Å². The van der Waals surface area contributed by atoms with Crippen molar-refractivity contribution in [1.29, 1.82) is 0 Å². The van der Waals surface area contributed by atoms with Crippen molar-refractivity contribution in [3.8, 4) is 0 Å². The predicted octanol–water partition coefficient (Wildman–Crippen LogP) is 6.79. The molecule has 133 valence electrons. The van der Waals surface area contributed by atoms with Gasteiger partial charge in [-0.1, -0.05) is 0 Å². The Bertz CT molecular complexity index is 455. The maximum Gasteiger partial charge on any atom is 0.171 e. The first kappa shape index (κ1) is 15.6. The van der Waals surface area contributed by atoms with E-state index in [1.54, 1.807) is 77.0 Å². The molecule has 0 aromatic heterocycles. The molecule has 8 bridgehead atoms. The van der Waals surface area contributed by atoms with Crippen LogP contribution < -0.4 is 0 Å². The Kier molecular flexibility index (Phi) is 3.42. The Balaban J connectivity index is 1.16. The van der Waals surface area contributed by atoms with E-state index in [4.69, 9.17) is 11.1 Å². The van der Waals surface area contributed by atoms with E-state index in [0.29, 0.717) is 5.04 Å². The zero-order valence-electron chi connectivity index (χ0n) is 15.2. The summed E-state index contributed by atoms with van der Waals surface area (Å²) in [5.41, 5.74) is 0.766. The van der Waals surface area contributed by atoms with E-state index in [1.807, 2.05) is 0 Å². The van der Waals surface area contributed by atoms with E-state index in [9.17, 15) is 0 Å². The maximum absolute atomic E-state index is 7.34. The van der Waals surface area contributed by atoms with Gasteiger partial charge in [-0.3, -0.25) is 0 Å². The van der Waals surface area contributed by atoms with Gasteiger partial charge in [-0.15, -0.1) is 0 Å². The Morgan fingerprint density at radius 2 is 1.00 bits per heavy atom. The van der Waals surface area contributed by atoms with Gasteiger partial charge in [0.25, 0.3) is 0 Å². The normalized spacial score (nSPS) is 57.2. The lowest BCUT2D eigenvalue weighted by molar-refractivity contribution is -0.0547. The van der Waals surface area contributed by atoms with Gasteiger partial charge >= 0.3 is 0 Å². The largest absolute Gasteiger partial charge is 0.171 e. The Labute approximate surface area is 154 Å². The van der Waals surface area contributed by atoms with E-state index in [0.717, 1.165) is 40.9 Å². The molecule has 0 N–H and O–H groups in total. The summed E-state index contributed by atoms with van der Waals surface area (Å²) in [5.74, 6) is 6.57. The molecule has 0 heterocycles. The molecule has 0 spiro atoms. The van der Waals surface area contributed by atoms with Crippen LogP contribution in [0.5, 0.6) is 0 Å². The summed E-state index contributed by atoms with van der Waals surface area (Å²) in [4.78, 5) is 0. The van der Waals surface area contributed by atoms with Gasteiger partial charge in [0.1, 0.15) is 0 Å². The van der Waals surface area contributed by atoms with E-state index in [2.05, 4.69) is 0 Å². The Hall–Kier alpha value is 0.507. The van der Waals surface area contributed by atoms with Crippen molar-refractivity contribution in [3.63, 3.8) is 0 Å². The molecule has 0 atom stereocenters. The Morgan fingerprint density at radius 1 is 0.625 bits per heavy atom. The highest BCUT2D eigenvalue weighted by molar-refractivity contribution is 7.08. The minimum atomic E-state index is -0.654. The summed E-state index contributed by atoms with van der Waals surface area (Å²) in [6, 6.07) is 1.45. The number of hydrogen-bond donors (Lipinski definition) is 0. The molecule has 0 saturated heterocycles. The van der Waals surface area contributed by atoms with Crippen LogP contribution in [0.2, 0.25) is 11.1 Å². The summed E-state index contributed by atoms with van der Waals surface area (Å²) in [6.45, 7) is 0. The van der Waals surface area contributed by atoms with Crippen LogP contribution in [0.1, 0.15) is 83.5 Å². The van der Waals surface area contributed by atoms with Gasteiger partial charge in [-0.2, -0.15) is 11.1 Å². The molecule has 0 nitrogen and oxygen atoms in total. The first-order valence-corrected chi connectivity index (χ1v) is 13.8. The highest BCUT2D eigenvalue weighted by atomic mass is 35.6. The molecule has 0 aromatic carbocycles. The molecule has 0 unspecified atom stereocenters. The van der Waals surface area contributed by atoms with Crippen LogP contribution in [0.4, 0.5) is 0 Å². The topological polar surface area (TPSA) is 0 Å². The van der Waals surface area contributed by atoms with Crippen LogP contribution >= 0.6 is 11.1 Å². The second kappa shape index (κ2) is 5.28. The summed E-state index contributed by atoms with van der Waals surface area (Å²) in [7, 11) is -0.654. The number of hydrogen-bond acceptors (Lipinski definition) is 0. The van der Waals surface area contributed by atoms with Gasteiger partial charge in [0.15, 0.2) is 8.11 Å². The molecular formula is C22H34ClSi. The third-order valence-corrected chi connectivity index (χ3v) is 13.9. The lowest BCUT2D eigenvalue weighted by atomic mass is 9.49. The molecule has 0 amide bonds.